The van der Waals surface area contributed by atoms with Crippen LogP contribution in [0.3, 0.4) is 0 Å². The van der Waals surface area contributed by atoms with Crippen molar-refractivity contribution in [1.82, 2.24) is 0 Å². The van der Waals surface area contributed by atoms with E-state index in [2.05, 4.69) is 0 Å². The highest BCUT2D eigenvalue weighted by molar-refractivity contribution is 6.31. The molecule has 0 radical (unpaired) electrons. The lowest BCUT2D eigenvalue weighted by Crippen LogP contribution is -1.96. The largest absolute Gasteiger partial charge is 0.506 e. The van der Waals surface area contributed by atoms with Gasteiger partial charge in [-0.25, -0.2) is 4.79 Å². The summed E-state index contributed by atoms with van der Waals surface area (Å²) in [6.07, 6.45) is 0. The first-order valence-corrected chi connectivity index (χ1v) is 4.62. The maximum Gasteiger partial charge on any atom is 0.339 e. The van der Waals surface area contributed by atoms with E-state index in [9.17, 15) is 9.90 Å². The van der Waals surface area contributed by atoms with Gasteiger partial charge in [0.15, 0.2) is 0 Å². The van der Waals surface area contributed by atoms with E-state index >= 15 is 0 Å². The standard InChI is InChI=1S/C11H7ClO3/c12-7-2-4-8-6(5-7)1-3-9(10(8)13)11(14)15/h1-5,13H,(H,14,15). The molecule has 76 valence electrons. The molecule has 0 aliphatic carbocycles. The fraction of sp³-hybridized carbons (Fsp3) is 0. The molecule has 0 atom stereocenters. The molecule has 2 N–H and O–H groups in total. The number of halogens is 1. The number of aromatic carboxylic acids is 1. The van der Waals surface area contributed by atoms with E-state index in [4.69, 9.17) is 16.7 Å². The van der Waals surface area contributed by atoms with Crippen LogP contribution in [0.5, 0.6) is 5.75 Å². The maximum atomic E-state index is 10.7. The van der Waals surface area contributed by atoms with Crippen molar-refractivity contribution in [3.8, 4) is 5.75 Å². The Morgan fingerprint density at radius 3 is 2.60 bits per heavy atom. The molecule has 4 heteroatoms. The van der Waals surface area contributed by atoms with Gasteiger partial charge in [0.1, 0.15) is 11.3 Å². The van der Waals surface area contributed by atoms with Crippen LogP contribution >= 0.6 is 11.6 Å². The molecule has 0 bridgehead atoms. The molecule has 0 saturated carbocycles. The fourth-order valence-electron chi connectivity index (χ4n) is 1.46. The van der Waals surface area contributed by atoms with E-state index in [1.54, 1.807) is 24.3 Å². The third kappa shape index (κ3) is 1.62. The molecule has 0 unspecified atom stereocenters. The smallest absolute Gasteiger partial charge is 0.339 e. The number of carboxylic acid groups (broad SMARTS) is 1. The molecule has 3 nitrogen and oxygen atoms in total. The fourth-order valence-corrected chi connectivity index (χ4v) is 1.64. The molecule has 15 heavy (non-hydrogen) atoms. The number of rotatable bonds is 1. The minimum absolute atomic E-state index is 0.107. The molecule has 2 aromatic carbocycles. The average molecular weight is 223 g/mol. The van der Waals surface area contributed by atoms with Crippen LogP contribution in [0.4, 0.5) is 0 Å². The van der Waals surface area contributed by atoms with Gasteiger partial charge in [-0.05, 0) is 29.7 Å². The topological polar surface area (TPSA) is 57.5 Å². The van der Waals surface area contributed by atoms with Crippen molar-refractivity contribution < 1.29 is 15.0 Å². The zero-order valence-corrected chi connectivity index (χ0v) is 8.32. The Hall–Kier alpha value is -1.74. The first-order valence-electron chi connectivity index (χ1n) is 4.24. The Morgan fingerprint density at radius 1 is 1.20 bits per heavy atom. The minimum Gasteiger partial charge on any atom is -0.506 e. The third-order valence-corrected chi connectivity index (χ3v) is 2.42. The van der Waals surface area contributed by atoms with Crippen molar-refractivity contribution in [2.45, 2.75) is 0 Å². The first-order chi connectivity index (χ1) is 7.09. The second-order valence-corrected chi connectivity index (χ2v) is 3.57. The van der Waals surface area contributed by atoms with Gasteiger partial charge in [0.2, 0.25) is 0 Å². The van der Waals surface area contributed by atoms with Gasteiger partial charge in [-0.3, -0.25) is 0 Å². The van der Waals surface area contributed by atoms with E-state index in [0.717, 1.165) is 0 Å². The van der Waals surface area contributed by atoms with Crippen LogP contribution in [0.25, 0.3) is 10.8 Å². The van der Waals surface area contributed by atoms with Crippen LogP contribution in [-0.2, 0) is 0 Å². The lowest BCUT2D eigenvalue weighted by molar-refractivity contribution is 0.0694. The zero-order chi connectivity index (χ0) is 11.0. The lowest BCUT2D eigenvalue weighted by atomic mass is 10.1. The average Bonchev–Trinajstić information content (AvgIpc) is 2.17. The van der Waals surface area contributed by atoms with Gasteiger partial charge < -0.3 is 10.2 Å². The van der Waals surface area contributed by atoms with Gasteiger partial charge in [0.25, 0.3) is 0 Å². The van der Waals surface area contributed by atoms with Gasteiger partial charge in [-0.2, -0.15) is 0 Å². The van der Waals surface area contributed by atoms with Crippen molar-refractivity contribution >= 4 is 28.3 Å². The minimum atomic E-state index is -1.15. The Bertz CT molecular complexity index is 549. The number of aromatic hydroxyl groups is 1. The summed E-state index contributed by atoms with van der Waals surface area (Å²) >= 11 is 5.78. The van der Waals surface area contributed by atoms with Crippen LogP contribution in [0.2, 0.25) is 5.02 Å². The highest BCUT2D eigenvalue weighted by Crippen LogP contribution is 2.30. The van der Waals surface area contributed by atoms with Gasteiger partial charge in [-0.15, -0.1) is 0 Å². The van der Waals surface area contributed by atoms with Gasteiger partial charge in [0.05, 0.1) is 0 Å². The molecule has 0 spiro atoms. The number of phenols is 1. The molecule has 0 aromatic heterocycles. The van der Waals surface area contributed by atoms with Crippen LogP contribution in [0.1, 0.15) is 10.4 Å². The van der Waals surface area contributed by atoms with E-state index in [0.29, 0.717) is 15.8 Å². The Morgan fingerprint density at radius 2 is 1.93 bits per heavy atom. The molecule has 0 fully saturated rings. The highest BCUT2D eigenvalue weighted by atomic mass is 35.5. The number of hydrogen-bond acceptors (Lipinski definition) is 2. The van der Waals surface area contributed by atoms with Crippen molar-refractivity contribution in [3.63, 3.8) is 0 Å². The highest BCUT2D eigenvalue weighted by Gasteiger charge is 2.12. The molecule has 0 heterocycles. The van der Waals surface area contributed by atoms with E-state index in [1.165, 1.54) is 6.07 Å². The number of fused-ring (bicyclic) bond motifs is 1. The quantitative estimate of drug-likeness (QED) is 0.780. The Kier molecular flexibility index (Phi) is 2.25. The Balaban J connectivity index is 2.80. The van der Waals surface area contributed by atoms with Crippen LogP contribution in [-0.4, -0.2) is 16.2 Å². The van der Waals surface area contributed by atoms with E-state index in [-0.39, 0.29) is 11.3 Å². The first kappa shape index (κ1) is 9.80. The molecular formula is C11H7ClO3. The number of hydrogen-bond donors (Lipinski definition) is 2. The number of carbonyl (C=O) groups is 1. The maximum absolute atomic E-state index is 10.7. The second-order valence-electron chi connectivity index (χ2n) is 3.13. The van der Waals surface area contributed by atoms with Gasteiger partial charge >= 0.3 is 5.97 Å². The van der Waals surface area contributed by atoms with Crippen molar-refractivity contribution in [2.75, 3.05) is 0 Å². The summed E-state index contributed by atoms with van der Waals surface area (Å²) in [5, 5.41) is 20.2. The predicted molar refractivity (Wildman–Crippen MR) is 57.6 cm³/mol. The van der Waals surface area contributed by atoms with Crippen molar-refractivity contribution in [3.05, 3.63) is 40.9 Å². The molecule has 0 aliphatic heterocycles. The molecule has 0 aliphatic rings. The van der Waals surface area contributed by atoms with Gasteiger partial charge in [-0.1, -0.05) is 17.7 Å². The molecule has 2 aromatic rings. The third-order valence-electron chi connectivity index (χ3n) is 2.18. The molecule has 0 saturated heterocycles. The van der Waals surface area contributed by atoms with Crippen molar-refractivity contribution in [2.24, 2.45) is 0 Å². The van der Waals surface area contributed by atoms with E-state index < -0.39 is 5.97 Å². The monoisotopic (exact) mass is 222 g/mol. The van der Waals surface area contributed by atoms with Crippen LogP contribution in [0.15, 0.2) is 30.3 Å². The summed E-state index contributed by atoms with van der Waals surface area (Å²) in [6.45, 7) is 0. The summed E-state index contributed by atoms with van der Waals surface area (Å²) in [7, 11) is 0. The summed E-state index contributed by atoms with van der Waals surface area (Å²) in [5.74, 6) is -1.37. The molecule has 2 rings (SSSR count). The summed E-state index contributed by atoms with van der Waals surface area (Å²) < 4.78 is 0. The lowest BCUT2D eigenvalue weighted by Gasteiger charge is -2.04. The normalized spacial score (nSPS) is 10.5. The zero-order valence-electron chi connectivity index (χ0n) is 7.57. The van der Waals surface area contributed by atoms with Crippen LogP contribution < -0.4 is 0 Å². The second kappa shape index (κ2) is 3.44. The van der Waals surface area contributed by atoms with Crippen molar-refractivity contribution in [1.29, 1.82) is 0 Å². The van der Waals surface area contributed by atoms with Crippen LogP contribution in [0, 0.1) is 0 Å². The molecule has 0 amide bonds. The number of carboxylic acids is 1. The number of benzene rings is 2. The molecular weight excluding hydrogens is 216 g/mol. The summed E-state index contributed by atoms with van der Waals surface area (Å²) in [4.78, 5) is 10.7. The SMILES string of the molecule is O=C(O)c1ccc2cc(Cl)ccc2c1O. The summed E-state index contributed by atoms with van der Waals surface area (Å²) in [6, 6.07) is 7.84. The van der Waals surface area contributed by atoms with Gasteiger partial charge in [0, 0.05) is 10.4 Å². The Labute approximate surface area is 90.5 Å². The van der Waals surface area contributed by atoms with E-state index in [1.807, 2.05) is 0 Å². The predicted octanol–water partition coefficient (Wildman–Crippen LogP) is 2.90. The summed E-state index contributed by atoms with van der Waals surface area (Å²) in [5.41, 5.74) is -0.107.